The molecule has 1 aliphatic carbocycles. The standard InChI is InChI=1S/C25H25N3O5/c29-22(14-28-23(30)17-5-1-2-6-19(17)26-24(28)31)27-13-16-11-20-21(33-10-9-32-20)12-18(16)25(15-27)7-3-4-8-25/h1-2,5-6,11-12H,3-4,7-10,13-15H2,(H,26,31). The summed E-state index contributed by atoms with van der Waals surface area (Å²) in [7, 11) is 0. The van der Waals surface area contributed by atoms with E-state index in [4.69, 9.17) is 9.47 Å². The van der Waals surface area contributed by atoms with Crippen LogP contribution in [0, 0.1) is 0 Å². The van der Waals surface area contributed by atoms with Crippen LogP contribution in [0.3, 0.4) is 0 Å². The van der Waals surface area contributed by atoms with Crippen molar-refractivity contribution in [2.75, 3.05) is 19.8 Å². The Morgan fingerprint density at radius 2 is 1.76 bits per heavy atom. The summed E-state index contributed by atoms with van der Waals surface area (Å²) in [6.07, 6.45) is 4.22. The van der Waals surface area contributed by atoms with Gasteiger partial charge in [0.25, 0.3) is 5.56 Å². The highest BCUT2D eigenvalue weighted by Crippen LogP contribution is 2.49. The van der Waals surface area contributed by atoms with Crippen molar-refractivity contribution in [1.82, 2.24) is 14.5 Å². The molecule has 1 aromatic heterocycles. The Kier molecular flexibility index (Phi) is 4.57. The zero-order valence-electron chi connectivity index (χ0n) is 18.3. The molecule has 1 saturated carbocycles. The number of amides is 1. The van der Waals surface area contributed by atoms with Crippen LogP contribution >= 0.6 is 0 Å². The van der Waals surface area contributed by atoms with Crippen molar-refractivity contribution >= 4 is 16.8 Å². The minimum Gasteiger partial charge on any atom is -0.486 e. The molecule has 6 rings (SSSR count). The third-order valence-corrected chi connectivity index (χ3v) is 7.29. The number of hydrogen-bond acceptors (Lipinski definition) is 5. The minimum atomic E-state index is -0.570. The van der Waals surface area contributed by atoms with Gasteiger partial charge in [0.1, 0.15) is 19.8 Å². The van der Waals surface area contributed by atoms with Gasteiger partial charge in [-0.2, -0.15) is 0 Å². The molecule has 0 saturated heterocycles. The van der Waals surface area contributed by atoms with Crippen LogP contribution in [0.25, 0.3) is 10.9 Å². The number of ether oxygens (including phenoxy) is 2. The summed E-state index contributed by atoms with van der Waals surface area (Å²) in [5.41, 5.74) is 1.63. The number of carbonyl (C=O) groups excluding carboxylic acids is 1. The van der Waals surface area contributed by atoms with Crippen LogP contribution < -0.4 is 20.7 Å². The number of hydrogen-bond donors (Lipinski definition) is 1. The number of rotatable bonds is 2. The van der Waals surface area contributed by atoms with Gasteiger partial charge in [-0.3, -0.25) is 14.2 Å². The quantitative estimate of drug-likeness (QED) is 0.651. The average molecular weight is 447 g/mol. The van der Waals surface area contributed by atoms with E-state index in [1.807, 2.05) is 6.07 Å². The van der Waals surface area contributed by atoms with Crippen molar-refractivity contribution in [3.05, 3.63) is 68.4 Å². The zero-order chi connectivity index (χ0) is 22.6. The van der Waals surface area contributed by atoms with E-state index in [1.54, 1.807) is 29.2 Å². The fourth-order valence-electron chi connectivity index (χ4n) is 5.70. The third kappa shape index (κ3) is 3.23. The van der Waals surface area contributed by atoms with E-state index in [-0.39, 0.29) is 17.9 Å². The monoisotopic (exact) mass is 447 g/mol. The molecule has 1 amide bonds. The Morgan fingerprint density at radius 1 is 1.03 bits per heavy atom. The van der Waals surface area contributed by atoms with Gasteiger partial charge in [0.15, 0.2) is 11.5 Å². The lowest BCUT2D eigenvalue weighted by atomic mass is 9.73. The second kappa shape index (κ2) is 7.50. The molecule has 170 valence electrons. The van der Waals surface area contributed by atoms with Crippen molar-refractivity contribution in [3.8, 4) is 11.5 Å². The fourth-order valence-corrected chi connectivity index (χ4v) is 5.70. The van der Waals surface area contributed by atoms with Crippen molar-refractivity contribution < 1.29 is 14.3 Å². The number of H-pyrrole nitrogens is 1. The zero-order valence-corrected chi connectivity index (χ0v) is 18.3. The number of carbonyl (C=O) groups is 1. The third-order valence-electron chi connectivity index (χ3n) is 7.29. The van der Waals surface area contributed by atoms with Crippen LogP contribution in [0.15, 0.2) is 46.0 Å². The first-order chi connectivity index (χ1) is 16.0. The molecule has 1 fully saturated rings. The highest BCUT2D eigenvalue weighted by atomic mass is 16.6. The molecule has 2 aliphatic heterocycles. The van der Waals surface area contributed by atoms with Gasteiger partial charge in [0, 0.05) is 18.5 Å². The van der Waals surface area contributed by atoms with Gasteiger partial charge in [-0.05, 0) is 48.2 Å². The summed E-state index contributed by atoms with van der Waals surface area (Å²) in [5, 5.41) is 0.393. The van der Waals surface area contributed by atoms with Crippen LogP contribution in [0.2, 0.25) is 0 Å². The first-order valence-electron chi connectivity index (χ1n) is 11.5. The lowest BCUT2D eigenvalue weighted by molar-refractivity contribution is -0.134. The largest absolute Gasteiger partial charge is 0.486 e. The highest BCUT2D eigenvalue weighted by Gasteiger charge is 2.44. The molecular formula is C25H25N3O5. The maximum absolute atomic E-state index is 13.4. The summed E-state index contributed by atoms with van der Waals surface area (Å²) >= 11 is 0. The molecule has 3 heterocycles. The summed E-state index contributed by atoms with van der Waals surface area (Å²) in [6.45, 7) is 1.77. The average Bonchev–Trinajstić information content (AvgIpc) is 3.29. The topological polar surface area (TPSA) is 93.6 Å². The molecule has 3 aliphatic rings. The van der Waals surface area contributed by atoms with Gasteiger partial charge < -0.3 is 19.4 Å². The number of nitrogens with zero attached hydrogens (tertiary/aromatic N) is 2. The van der Waals surface area contributed by atoms with Crippen molar-refractivity contribution in [1.29, 1.82) is 0 Å². The molecule has 1 N–H and O–H groups in total. The van der Waals surface area contributed by atoms with E-state index < -0.39 is 11.2 Å². The van der Waals surface area contributed by atoms with E-state index in [1.165, 1.54) is 5.56 Å². The van der Waals surface area contributed by atoms with E-state index in [0.29, 0.717) is 43.0 Å². The summed E-state index contributed by atoms with van der Waals surface area (Å²) in [6, 6.07) is 10.9. The summed E-state index contributed by atoms with van der Waals surface area (Å²) in [5.74, 6) is 1.26. The molecular weight excluding hydrogens is 422 g/mol. The molecule has 8 nitrogen and oxygen atoms in total. The highest BCUT2D eigenvalue weighted by molar-refractivity contribution is 5.79. The van der Waals surface area contributed by atoms with E-state index in [9.17, 15) is 14.4 Å². The maximum atomic E-state index is 13.4. The van der Waals surface area contributed by atoms with E-state index in [2.05, 4.69) is 11.1 Å². The van der Waals surface area contributed by atoms with Gasteiger partial charge in [0.05, 0.1) is 10.9 Å². The van der Waals surface area contributed by atoms with Crippen LogP contribution in [-0.2, 0) is 23.3 Å². The van der Waals surface area contributed by atoms with Crippen molar-refractivity contribution in [3.63, 3.8) is 0 Å². The molecule has 33 heavy (non-hydrogen) atoms. The van der Waals surface area contributed by atoms with Gasteiger partial charge in [-0.25, -0.2) is 4.79 Å². The number of fused-ring (bicyclic) bond motifs is 4. The van der Waals surface area contributed by atoms with Crippen LogP contribution in [-0.4, -0.2) is 40.1 Å². The molecule has 3 aromatic rings. The molecule has 0 bridgehead atoms. The van der Waals surface area contributed by atoms with Crippen LogP contribution in [0.4, 0.5) is 0 Å². The number of aromatic nitrogens is 2. The molecule has 2 aromatic carbocycles. The Hall–Kier alpha value is -3.55. The summed E-state index contributed by atoms with van der Waals surface area (Å²) < 4.78 is 12.6. The Bertz CT molecular complexity index is 1380. The number of nitrogens with one attached hydrogen (secondary N) is 1. The first-order valence-corrected chi connectivity index (χ1v) is 11.5. The predicted octanol–water partition coefficient (Wildman–Crippen LogP) is 2.32. The van der Waals surface area contributed by atoms with E-state index >= 15 is 0 Å². The van der Waals surface area contributed by atoms with Gasteiger partial charge in [-0.15, -0.1) is 0 Å². The van der Waals surface area contributed by atoms with Gasteiger partial charge >= 0.3 is 5.69 Å². The summed E-state index contributed by atoms with van der Waals surface area (Å²) in [4.78, 5) is 43.4. The van der Waals surface area contributed by atoms with Crippen molar-refractivity contribution in [2.45, 2.75) is 44.2 Å². The Morgan fingerprint density at radius 3 is 2.55 bits per heavy atom. The van der Waals surface area contributed by atoms with Crippen LogP contribution in [0.5, 0.6) is 11.5 Å². The first kappa shape index (κ1) is 20.1. The van der Waals surface area contributed by atoms with E-state index in [0.717, 1.165) is 41.6 Å². The normalized spacial score (nSPS) is 18.5. The molecule has 1 spiro atoms. The minimum absolute atomic E-state index is 0.125. The SMILES string of the molecule is O=C(Cn1c(=O)[nH]c2ccccc2c1=O)N1Cc2cc3c(cc2C2(CCCC2)C1)OCCO3. The second-order valence-electron chi connectivity index (χ2n) is 9.26. The molecule has 0 radical (unpaired) electrons. The smallest absolute Gasteiger partial charge is 0.329 e. The number of aromatic amines is 1. The molecule has 8 heteroatoms. The predicted molar refractivity (Wildman–Crippen MR) is 122 cm³/mol. The Labute approximate surface area is 189 Å². The lowest BCUT2D eigenvalue weighted by Crippen LogP contribution is -2.49. The molecule has 0 atom stereocenters. The Balaban J connectivity index is 1.36. The maximum Gasteiger partial charge on any atom is 0.329 e. The van der Waals surface area contributed by atoms with Crippen LogP contribution in [0.1, 0.15) is 36.8 Å². The lowest BCUT2D eigenvalue weighted by Gasteiger charge is -2.43. The van der Waals surface area contributed by atoms with Gasteiger partial charge in [0.2, 0.25) is 5.91 Å². The number of benzene rings is 2. The number of para-hydroxylation sites is 1. The molecule has 0 unspecified atom stereocenters. The fraction of sp³-hybridized carbons (Fsp3) is 0.400. The van der Waals surface area contributed by atoms with Crippen molar-refractivity contribution in [2.24, 2.45) is 0 Å². The van der Waals surface area contributed by atoms with Gasteiger partial charge in [-0.1, -0.05) is 25.0 Å². The second-order valence-corrected chi connectivity index (χ2v) is 9.26.